The Kier molecular flexibility index (Phi) is 6.95. The van der Waals surface area contributed by atoms with Crippen LogP contribution >= 0.6 is 22.9 Å². The monoisotopic (exact) mass is 487 g/mol. The summed E-state index contributed by atoms with van der Waals surface area (Å²) in [5, 5.41) is 18.0. The smallest absolute Gasteiger partial charge is 0.319 e. The predicted octanol–water partition coefficient (Wildman–Crippen LogP) is 4.76. The van der Waals surface area contributed by atoms with Crippen LogP contribution in [0.15, 0.2) is 42.5 Å². The van der Waals surface area contributed by atoms with Crippen LogP contribution in [0, 0.1) is 5.92 Å². The molecule has 0 aliphatic carbocycles. The molecule has 0 saturated heterocycles. The number of anilines is 2. The third kappa shape index (κ3) is 5.52. The van der Waals surface area contributed by atoms with Crippen LogP contribution in [0.2, 0.25) is 5.02 Å². The highest BCUT2D eigenvalue weighted by Crippen LogP contribution is 2.37. The molecule has 2 heterocycles. The fraction of sp³-hybridized carbons (Fsp3) is 0.273. The molecule has 1 aliphatic heterocycles. The summed E-state index contributed by atoms with van der Waals surface area (Å²) in [7, 11) is 0. The summed E-state index contributed by atoms with van der Waals surface area (Å²) in [6, 6.07) is 10.9. The first-order chi connectivity index (χ1) is 15.9. The van der Waals surface area contributed by atoms with Crippen molar-refractivity contribution in [2.75, 3.05) is 17.4 Å². The number of nitrogens with one attached hydrogen (secondary N) is 3. The minimum Gasteiger partial charge on any atom is -0.454 e. The van der Waals surface area contributed by atoms with E-state index in [9.17, 15) is 9.59 Å². The molecule has 0 fully saturated rings. The van der Waals surface area contributed by atoms with Gasteiger partial charge >= 0.3 is 6.03 Å². The highest BCUT2D eigenvalue weighted by molar-refractivity contribution is 7.18. The van der Waals surface area contributed by atoms with Crippen LogP contribution in [0.3, 0.4) is 0 Å². The minimum atomic E-state index is -0.764. The molecule has 2 atom stereocenters. The van der Waals surface area contributed by atoms with Crippen LogP contribution in [0.25, 0.3) is 10.6 Å². The molecule has 1 aromatic heterocycles. The largest absolute Gasteiger partial charge is 0.454 e. The van der Waals surface area contributed by atoms with E-state index >= 15 is 0 Å². The van der Waals surface area contributed by atoms with Crippen molar-refractivity contribution in [2.24, 2.45) is 5.92 Å². The number of hydrogen-bond donors (Lipinski definition) is 3. The van der Waals surface area contributed by atoms with E-state index in [1.54, 1.807) is 30.3 Å². The number of ether oxygens (including phenoxy) is 2. The topological polar surface area (TPSA) is 114 Å². The van der Waals surface area contributed by atoms with E-state index < -0.39 is 12.1 Å². The van der Waals surface area contributed by atoms with Gasteiger partial charge in [0.15, 0.2) is 11.5 Å². The normalized spacial score (nSPS) is 13.8. The molecule has 0 radical (unpaired) electrons. The lowest BCUT2D eigenvalue weighted by molar-refractivity contribution is -0.119. The maximum Gasteiger partial charge on any atom is 0.319 e. The van der Waals surface area contributed by atoms with Crippen LogP contribution in [0.5, 0.6) is 11.5 Å². The first-order valence-electron chi connectivity index (χ1n) is 10.3. The first kappa shape index (κ1) is 22.8. The molecule has 0 saturated carbocycles. The van der Waals surface area contributed by atoms with Gasteiger partial charge in [-0.25, -0.2) is 4.79 Å². The van der Waals surface area contributed by atoms with Crippen molar-refractivity contribution in [2.45, 2.75) is 26.3 Å². The third-order valence-corrected chi connectivity index (χ3v) is 6.30. The van der Waals surface area contributed by atoms with Crippen molar-refractivity contribution < 1.29 is 19.1 Å². The molecule has 3 aromatic rings. The number of benzene rings is 2. The van der Waals surface area contributed by atoms with E-state index in [1.807, 2.05) is 26.0 Å². The molecule has 1 aliphatic rings. The molecule has 0 spiro atoms. The molecule has 3 amide bonds. The number of halogens is 1. The van der Waals surface area contributed by atoms with Crippen molar-refractivity contribution >= 4 is 45.7 Å². The Morgan fingerprint density at radius 2 is 1.85 bits per heavy atom. The molecule has 11 heteroatoms. The van der Waals surface area contributed by atoms with Crippen molar-refractivity contribution in [1.82, 2.24) is 15.5 Å². The maximum atomic E-state index is 13.0. The van der Waals surface area contributed by atoms with Crippen LogP contribution in [0.4, 0.5) is 15.6 Å². The quantitative estimate of drug-likeness (QED) is 0.442. The van der Waals surface area contributed by atoms with Crippen LogP contribution in [-0.4, -0.2) is 35.0 Å². The summed E-state index contributed by atoms with van der Waals surface area (Å²) >= 11 is 7.10. The van der Waals surface area contributed by atoms with Gasteiger partial charge in [-0.15, -0.1) is 10.2 Å². The van der Waals surface area contributed by atoms with Gasteiger partial charge in [0.05, 0.1) is 0 Å². The van der Waals surface area contributed by atoms with E-state index in [4.69, 9.17) is 21.1 Å². The van der Waals surface area contributed by atoms with Gasteiger partial charge in [-0.3, -0.25) is 10.1 Å². The standard InChI is InChI=1S/C22H22ClN5O4S/c1-3-12(2)18(25-21(30)24-15-7-5-14(23)6-8-15)19(29)26-22-28-27-20(33-22)13-4-9-16-17(10-13)32-11-31-16/h4-10,12,18H,3,11H2,1-2H3,(H2,24,25,30)(H,26,28,29)/t12-,18-/m0/s1. The Bertz CT molecular complexity index is 1150. The average molecular weight is 488 g/mol. The SMILES string of the molecule is CC[C@H](C)[C@H](NC(=O)Nc1ccc(Cl)cc1)C(=O)Nc1nnc(-c2ccc3c(c2)OCO3)s1. The first-order valence-corrected chi connectivity index (χ1v) is 11.5. The molecule has 2 aromatic carbocycles. The fourth-order valence-corrected chi connectivity index (χ4v) is 4.02. The van der Waals surface area contributed by atoms with E-state index in [2.05, 4.69) is 26.1 Å². The third-order valence-electron chi connectivity index (χ3n) is 5.16. The highest BCUT2D eigenvalue weighted by Gasteiger charge is 2.27. The summed E-state index contributed by atoms with van der Waals surface area (Å²) in [4.78, 5) is 25.5. The summed E-state index contributed by atoms with van der Waals surface area (Å²) in [6.45, 7) is 4.03. The molecule has 172 valence electrons. The van der Waals surface area contributed by atoms with E-state index in [1.165, 1.54) is 11.3 Å². The Hall–Kier alpha value is -3.37. The van der Waals surface area contributed by atoms with Gasteiger partial charge in [-0.05, 0) is 48.4 Å². The van der Waals surface area contributed by atoms with Gasteiger partial charge in [0.1, 0.15) is 11.0 Å². The van der Waals surface area contributed by atoms with Crippen molar-refractivity contribution in [3.05, 3.63) is 47.5 Å². The number of aromatic nitrogens is 2. The number of carbonyl (C=O) groups excluding carboxylic acids is 2. The number of rotatable bonds is 7. The number of fused-ring (bicyclic) bond motifs is 1. The number of amides is 3. The highest BCUT2D eigenvalue weighted by atomic mass is 35.5. The van der Waals surface area contributed by atoms with E-state index in [0.717, 1.165) is 5.56 Å². The van der Waals surface area contributed by atoms with Crippen molar-refractivity contribution in [1.29, 1.82) is 0 Å². The Morgan fingerprint density at radius 1 is 1.09 bits per heavy atom. The summed E-state index contributed by atoms with van der Waals surface area (Å²) in [5.74, 6) is 0.836. The van der Waals surface area contributed by atoms with Crippen molar-refractivity contribution in [3.8, 4) is 22.1 Å². The van der Waals surface area contributed by atoms with Gasteiger partial charge in [0.2, 0.25) is 17.8 Å². The summed E-state index contributed by atoms with van der Waals surface area (Å²) in [6.07, 6.45) is 0.692. The Balaban J connectivity index is 1.42. The molecule has 0 unspecified atom stereocenters. The second-order valence-electron chi connectivity index (χ2n) is 7.44. The van der Waals surface area contributed by atoms with E-state index in [-0.39, 0.29) is 18.6 Å². The minimum absolute atomic E-state index is 0.109. The van der Waals surface area contributed by atoms with E-state index in [0.29, 0.717) is 38.8 Å². The van der Waals surface area contributed by atoms with Gasteiger partial charge in [0.25, 0.3) is 0 Å². The number of carbonyl (C=O) groups is 2. The van der Waals surface area contributed by atoms with Crippen LogP contribution in [0.1, 0.15) is 20.3 Å². The maximum absolute atomic E-state index is 13.0. The lowest BCUT2D eigenvalue weighted by atomic mass is 9.98. The number of urea groups is 1. The number of nitrogens with zero attached hydrogens (tertiary/aromatic N) is 2. The Morgan fingerprint density at radius 3 is 2.61 bits per heavy atom. The van der Waals surface area contributed by atoms with Gasteiger partial charge in [-0.2, -0.15) is 0 Å². The van der Waals surface area contributed by atoms with Gasteiger partial charge in [-0.1, -0.05) is 43.2 Å². The van der Waals surface area contributed by atoms with Crippen molar-refractivity contribution in [3.63, 3.8) is 0 Å². The van der Waals surface area contributed by atoms with Crippen LogP contribution in [-0.2, 0) is 4.79 Å². The zero-order valence-corrected chi connectivity index (χ0v) is 19.5. The molecule has 3 N–H and O–H groups in total. The summed E-state index contributed by atoms with van der Waals surface area (Å²) < 4.78 is 10.7. The zero-order chi connectivity index (χ0) is 23.4. The molecule has 9 nitrogen and oxygen atoms in total. The zero-order valence-electron chi connectivity index (χ0n) is 17.9. The second kappa shape index (κ2) is 10.1. The lowest BCUT2D eigenvalue weighted by Crippen LogP contribution is -2.49. The Labute approximate surface area is 199 Å². The fourth-order valence-electron chi connectivity index (χ4n) is 3.15. The molecular formula is C22H22ClN5O4S. The lowest BCUT2D eigenvalue weighted by Gasteiger charge is -2.23. The molecule has 33 heavy (non-hydrogen) atoms. The number of hydrogen-bond acceptors (Lipinski definition) is 7. The molecule has 0 bridgehead atoms. The second-order valence-corrected chi connectivity index (χ2v) is 8.85. The predicted molar refractivity (Wildman–Crippen MR) is 127 cm³/mol. The average Bonchev–Trinajstić information content (AvgIpc) is 3.47. The van der Waals surface area contributed by atoms with Gasteiger partial charge in [0, 0.05) is 16.3 Å². The van der Waals surface area contributed by atoms with Gasteiger partial charge < -0.3 is 20.1 Å². The van der Waals surface area contributed by atoms with Crippen LogP contribution < -0.4 is 25.4 Å². The molecular weight excluding hydrogens is 466 g/mol. The molecule has 4 rings (SSSR count). The summed E-state index contributed by atoms with van der Waals surface area (Å²) in [5.41, 5.74) is 1.37.